The lowest BCUT2D eigenvalue weighted by Gasteiger charge is -2.23. The Bertz CT molecular complexity index is 630. The van der Waals surface area contributed by atoms with Crippen molar-refractivity contribution in [2.45, 2.75) is 37.7 Å². The molecule has 21 heavy (non-hydrogen) atoms. The summed E-state index contributed by atoms with van der Waals surface area (Å²) in [6.45, 7) is 6.71. The van der Waals surface area contributed by atoms with Crippen molar-refractivity contribution in [3.63, 3.8) is 0 Å². The van der Waals surface area contributed by atoms with Gasteiger partial charge in [0.2, 0.25) is 0 Å². The van der Waals surface area contributed by atoms with Crippen molar-refractivity contribution >= 4 is 11.1 Å². The summed E-state index contributed by atoms with van der Waals surface area (Å²) < 4.78 is 26.4. The zero-order valence-electron chi connectivity index (χ0n) is 12.5. The van der Waals surface area contributed by atoms with Crippen molar-refractivity contribution in [1.82, 2.24) is 0 Å². The van der Waals surface area contributed by atoms with Crippen LogP contribution >= 0.6 is 0 Å². The lowest BCUT2D eigenvalue weighted by Crippen LogP contribution is -2.14. The SMILES string of the molecule is CC(C)(C)c1ccc(S(=O)O)cc1OCc1ccccc1. The van der Waals surface area contributed by atoms with E-state index in [-0.39, 0.29) is 5.41 Å². The third-order valence-electron chi connectivity index (χ3n) is 3.20. The van der Waals surface area contributed by atoms with Gasteiger partial charge in [0, 0.05) is 0 Å². The fourth-order valence-corrected chi connectivity index (χ4v) is 2.48. The summed E-state index contributed by atoms with van der Waals surface area (Å²) in [6, 6.07) is 15.1. The normalized spacial score (nSPS) is 13.0. The lowest BCUT2D eigenvalue weighted by atomic mass is 9.86. The second kappa shape index (κ2) is 6.41. The first-order valence-corrected chi connectivity index (χ1v) is 7.91. The molecule has 2 aromatic rings. The van der Waals surface area contributed by atoms with Gasteiger partial charge in [0.15, 0.2) is 11.1 Å². The van der Waals surface area contributed by atoms with Crippen LogP contribution in [0.15, 0.2) is 53.4 Å². The average molecular weight is 304 g/mol. The molecule has 0 aliphatic carbocycles. The molecule has 0 fully saturated rings. The van der Waals surface area contributed by atoms with Gasteiger partial charge in [-0.2, -0.15) is 0 Å². The predicted molar refractivity (Wildman–Crippen MR) is 85.0 cm³/mol. The zero-order chi connectivity index (χ0) is 15.5. The van der Waals surface area contributed by atoms with Gasteiger partial charge in [-0.1, -0.05) is 57.2 Å². The van der Waals surface area contributed by atoms with Crippen LogP contribution in [0.25, 0.3) is 0 Å². The van der Waals surface area contributed by atoms with E-state index in [1.54, 1.807) is 12.1 Å². The van der Waals surface area contributed by atoms with E-state index in [2.05, 4.69) is 20.8 Å². The van der Waals surface area contributed by atoms with Gasteiger partial charge in [-0.3, -0.25) is 0 Å². The molecule has 1 atom stereocenters. The summed E-state index contributed by atoms with van der Waals surface area (Å²) in [5.41, 5.74) is 1.99. The number of hydrogen-bond acceptors (Lipinski definition) is 2. The molecule has 0 radical (unpaired) electrons. The van der Waals surface area contributed by atoms with Crippen molar-refractivity contribution in [1.29, 1.82) is 0 Å². The molecule has 4 heteroatoms. The summed E-state index contributed by atoms with van der Waals surface area (Å²) in [7, 11) is 0. The van der Waals surface area contributed by atoms with E-state index < -0.39 is 11.1 Å². The van der Waals surface area contributed by atoms with Crippen LogP contribution in [0.2, 0.25) is 0 Å². The largest absolute Gasteiger partial charge is 0.489 e. The van der Waals surface area contributed by atoms with Crippen LogP contribution in [0.1, 0.15) is 31.9 Å². The summed E-state index contributed by atoms with van der Waals surface area (Å²) in [6.07, 6.45) is 0. The van der Waals surface area contributed by atoms with Crippen LogP contribution < -0.4 is 4.74 Å². The topological polar surface area (TPSA) is 46.5 Å². The van der Waals surface area contributed by atoms with Crippen molar-refractivity contribution < 1.29 is 13.5 Å². The fourth-order valence-electron chi connectivity index (χ4n) is 2.09. The molecule has 0 aliphatic heterocycles. The monoisotopic (exact) mass is 304 g/mol. The van der Waals surface area contributed by atoms with Crippen molar-refractivity contribution in [2.75, 3.05) is 0 Å². The highest BCUT2D eigenvalue weighted by molar-refractivity contribution is 7.79. The fraction of sp³-hybridized carbons (Fsp3) is 0.294. The Morgan fingerprint density at radius 3 is 2.33 bits per heavy atom. The first-order valence-electron chi connectivity index (χ1n) is 6.80. The first kappa shape index (κ1) is 15.7. The van der Waals surface area contributed by atoms with E-state index in [0.29, 0.717) is 17.3 Å². The van der Waals surface area contributed by atoms with Crippen LogP contribution in [0.5, 0.6) is 5.75 Å². The van der Waals surface area contributed by atoms with E-state index in [4.69, 9.17) is 4.74 Å². The van der Waals surface area contributed by atoms with Gasteiger partial charge >= 0.3 is 0 Å². The van der Waals surface area contributed by atoms with Gasteiger partial charge in [-0.25, -0.2) is 4.21 Å². The Balaban J connectivity index is 2.30. The minimum absolute atomic E-state index is 0.0957. The Hall–Kier alpha value is -1.65. The van der Waals surface area contributed by atoms with Crippen LogP contribution in [0.4, 0.5) is 0 Å². The van der Waals surface area contributed by atoms with Crippen molar-refractivity contribution in [3.8, 4) is 5.75 Å². The summed E-state index contributed by atoms with van der Waals surface area (Å²) in [5, 5.41) is 0. The van der Waals surface area contributed by atoms with E-state index in [9.17, 15) is 8.76 Å². The number of benzene rings is 2. The van der Waals surface area contributed by atoms with Crippen LogP contribution in [-0.2, 0) is 23.1 Å². The Labute approximate surface area is 128 Å². The van der Waals surface area contributed by atoms with Crippen molar-refractivity contribution in [3.05, 3.63) is 59.7 Å². The molecule has 112 valence electrons. The third-order valence-corrected chi connectivity index (χ3v) is 3.86. The lowest BCUT2D eigenvalue weighted by molar-refractivity contribution is 0.296. The zero-order valence-corrected chi connectivity index (χ0v) is 13.3. The molecule has 2 rings (SSSR count). The maximum Gasteiger partial charge on any atom is 0.186 e. The Morgan fingerprint density at radius 2 is 1.76 bits per heavy atom. The summed E-state index contributed by atoms with van der Waals surface area (Å²) >= 11 is -2.00. The molecule has 0 spiro atoms. The second-order valence-electron chi connectivity index (χ2n) is 5.93. The smallest absolute Gasteiger partial charge is 0.186 e. The molecule has 0 aromatic heterocycles. The van der Waals surface area contributed by atoms with E-state index in [0.717, 1.165) is 11.1 Å². The van der Waals surface area contributed by atoms with E-state index in [1.165, 1.54) is 0 Å². The molecular weight excluding hydrogens is 284 g/mol. The van der Waals surface area contributed by atoms with Gasteiger partial charge in [0.25, 0.3) is 0 Å². The van der Waals surface area contributed by atoms with Gasteiger partial charge in [-0.15, -0.1) is 0 Å². The third kappa shape index (κ3) is 4.16. The van der Waals surface area contributed by atoms with Gasteiger partial charge in [0.05, 0.1) is 4.90 Å². The van der Waals surface area contributed by atoms with E-state index in [1.807, 2.05) is 36.4 Å². The van der Waals surface area contributed by atoms with Gasteiger partial charge < -0.3 is 9.29 Å². The molecule has 0 heterocycles. The second-order valence-corrected chi connectivity index (χ2v) is 6.90. The molecule has 1 N–H and O–H groups in total. The number of hydrogen-bond donors (Lipinski definition) is 1. The van der Waals surface area contributed by atoms with Crippen LogP contribution in [-0.4, -0.2) is 8.76 Å². The highest BCUT2D eigenvalue weighted by Gasteiger charge is 2.20. The molecule has 0 bridgehead atoms. The molecule has 0 aliphatic rings. The number of ether oxygens (including phenoxy) is 1. The molecule has 0 saturated carbocycles. The summed E-state index contributed by atoms with van der Waals surface area (Å²) in [5.74, 6) is 0.659. The maximum absolute atomic E-state index is 11.2. The summed E-state index contributed by atoms with van der Waals surface area (Å²) in [4.78, 5) is 0.353. The predicted octanol–water partition coefficient (Wildman–Crippen LogP) is 4.14. The van der Waals surface area contributed by atoms with Crippen molar-refractivity contribution in [2.24, 2.45) is 0 Å². The molecule has 1 unspecified atom stereocenters. The minimum atomic E-state index is -2.00. The minimum Gasteiger partial charge on any atom is -0.489 e. The van der Waals surface area contributed by atoms with Gasteiger partial charge in [-0.05, 0) is 28.7 Å². The van der Waals surface area contributed by atoms with Crippen LogP contribution in [0.3, 0.4) is 0 Å². The molecular formula is C17H20O3S. The molecule has 0 saturated heterocycles. The van der Waals surface area contributed by atoms with E-state index >= 15 is 0 Å². The Morgan fingerprint density at radius 1 is 1.10 bits per heavy atom. The number of rotatable bonds is 4. The highest BCUT2D eigenvalue weighted by atomic mass is 32.2. The molecule has 3 nitrogen and oxygen atoms in total. The quantitative estimate of drug-likeness (QED) is 0.863. The first-order chi connectivity index (χ1) is 9.88. The van der Waals surface area contributed by atoms with Crippen LogP contribution in [0, 0.1) is 0 Å². The molecule has 0 amide bonds. The Kier molecular flexibility index (Phi) is 4.80. The highest BCUT2D eigenvalue weighted by Crippen LogP contribution is 2.33. The van der Waals surface area contributed by atoms with Gasteiger partial charge in [0.1, 0.15) is 12.4 Å². The maximum atomic E-state index is 11.2. The molecule has 2 aromatic carbocycles. The average Bonchev–Trinajstić information content (AvgIpc) is 2.45. The standard InChI is InChI=1S/C17H20O3S/c1-17(2,3)15-10-9-14(21(18)19)11-16(15)20-12-13-7-5-4-6-8-13/h4-11H,12H2,1-3H3,(H,18,19).